The molecule has 1 N–H and O–H groups in total. The summed E-state index contributed by atoms with van der Waals surface area (Å²) in [6.07, 6.45) is 0. The molecule has 0 atom stereocenters. The monoisotopic (exact) mass is 383 g/mol. The minimum Gasteiger partial charge on any atom is -0.492 e. The van der Waals surface area contributed by atoms with E-state index < -0.39 is 0 Å². The first kappa shape index (κ1) is 16.6. The summed E-state index contributed by atoms with van der Waals surface area (Å²) in [5.41, 5.74) is 0. The molecule has 0 saturated carbocycles. The second kappa shape index (κ2) is 8.66. The molecule has 0 fully saturated rings. The molecule has 4 nitrogen and oxygen atoms in total. The van der Waals surface area contributed by atoms with Crippen LogP contribution in [0.4, 0.5) is 0 Å². The predicted octanol–water partition coefficient (Wildman–Crippen LogP) is 3.68. The molecule has 0 saturated heterocycles. The van der Waals surface area contributed by atoms with E-state index in [2.05, 4.69) is 21.2 Å². The van der Waals surface area contributed by atoms with Crippen LogP contribution in [0.5, 0.6) is 11.5 Å². The van der Waals surface area contributed by atoms with Gasteiger partial charge in [0.15, 0.2) is 6.61 Å². The molecule has 0 aliphatic carbocycles. The topological polar surface area (TPSA) is 47.6 Å². The van der Waals surface area contributed by atoms with Gasteiger partial charge in [-0.25, -0.2) is 0 Å². The zero-order valence-corrected chi connectivity index (χ0v) is 14.1. The van der Waals surface area contributed by atoms with Crippen molar-refractivity contribution in [2.45, 2.75) is 0 Å². The van der Waals surface area contributed by atoms with Gasteiger partial charge in [-0.2, -0.15) is 0 Å². The first-order valence-corrected chi connectivity index (χ1v) is 7.84. The lowest BCUT2D eigenvalue weighted by Crippen LogP contribution is -2.32. The fourth-order valence-electron chi connectivity index (χ4n) is 1.65. The van der Waals surface area contributed by atoms with Crippen LogP contribution in [0.2, 0.25) is 5.02 Å². The van der Waals surface area contributed by atoms with Gasteiger partial charge in [-0.15, -0.1) is 0 Å². The molecule has 0 heterocycles. The normalized spacial score (nSPS) is 10.1. The van der Waals surface area contributed by atoms with Gasteiger partial charge in [0, 0.05) is 9.50 Å². The standard InChI is InChI=1S/C16H15BrClNO3/c17-12-2-1-3-15(10-12)21-9-8-19-16(20)11-22-14-6-4-13(18)5-7-14/h1-7,10H,8-9,11H2,(H,19,20). The van der Waals surface area contributed by atoms with Crippen LogP contribution in [0.1, 0.15) is 0 Å². The summed E-state index contributed by atoms with van der Waals surface area (Å²) in [7, 11) is 0. The van der Waals surface area contributed by atoms with Gasteiger partial charge in [0.1, 0.15) is 18.1 Å². The van der Waals surface area contributed by atoms with E-state index in [1.165, 1.54) is 0 Å². The Bertz CT molecular complexity index is 619. The van der Waals surface area contributed by atoms with Crippen molar-refractivity contribution in [2.24, 2.45) is 0 Å². The maximum atomic E-state index is 11.6. The van der Waals surface area contributed by atoms with Crippen molar-refractivity contribution < 1.29 is 14.3 Å². The fraction of sp³-hybridized carbons (Fsp3) is 0.188. The molecule has 2 rings (SSSR count). The molecule has 0 radical (unpaired) electrons. The van der Waals surface area contributed by atoms with Gasteiger partial charge in [-0.3, -0.25) is 4.79 Å². The fourth-order valence-corrected chi connectivity index (χ4v) is 2.15. The van der Waals surface area contributed by atoms with E-state index >= 15 is 0 Å². The minimum absolute atomic E-state index is 0.0431. The molecule has 0 bridgehead atoms. The summed E-state index contributed by atoms with van der Waals surface area (Å²) >= 11 is 9.13. The average Bonchev–Trinajstić information content (AvgIpc) is 2.51. The number of carbonyl (C=O) groups excluding carboxylic acids is 1. The highest BCUT2D eigenvalue weighted by Gasteiger charge is 2.02. The van der Waals surface area contributed by atoms with Gasteiger partial charge in [-0.1, -0.05) is 33.6 Å². The van der Waals surface area contributed by atoms with Crippen molar-refractivity contribution in [1.82, 2.24) is 5.32 Å². The van der Waals surface area contributed by atoms with Crippen LogP contribution >= 0.6 is 27.5 Å². The van der Waals surface area contributed by atoms with Crippen LogP contribution in [0, 0.1) is 0 Å². The number of hydrogen-bond donors (Lipinski definition) is 1. The highest BCUT2D eigenvalue weighted by atomic mass is 79.9. The van der Waals surface area contributed by atoms with Crippen LogP contribution in [-0.2, 0) is 4.79 Å². The largest absolute Gasteiger partial charge is 0.492 e. The van der Waals surface area contributed by atoms with E-state index in [1.807, 2.05) is 24.3 Å². The molecule has 6 heteroatoms. The Balaban J connectivity index is 1.62. The minimum atomic E-state index is -0.201. The van der Waals surface area contributed by atoms with Crippen molar-refractivity contribution in [3.63, 3.8) is 0 Å². The summed E-state index contributed by atoms with van der Waals surface area (Å²) < 4.78 is 11.8. The molecular weight excluding hydrogens is 370 g/mol. The van der Waals surface area contributed by atoms with Gasteiger partial charge in [0.25, 0.3) is 5.91 Å². The van der Waals surface area contributed by atoms with Gasteiger partial charge in [0.2, 0.25) is 0 Å². The number of nitrogens with one attached hydrogen (secondary N) is 1. The summed E-state index contributed by atoms with van der Waals surface area (Å²) in [6.45, 7) is 0.761. The molecule has 0 unspecified atom stereocenters. The van der Waals surface area contributed by atoms with Crippen LogP contribution in [0.15, 0.2) is 53.0 Å². The maximum Gasteiger partial charge on any atom is 0.258 e. The van der Waals surface area contributed by atoms with Crippen molar-refractivity contribution in [2.75, 3.05) is 19.8 Å². The Morgan fingerprint density at radius 3 is 2.59 bits per heavy atom. The van der Waals surface area contributed by atoms with Crippen LogP contribution in [0.3, 0.4) is 0 Å². The second-order valence-corrected chi connectivity index (χ2v) is 5.75. The number of hydrogen-bond acceptors (Lipinski definition) is 3. The molecule has 2 aromatic rings. The quantitative estimate of drug-likeness (QED) is 0.741. The molecule has 0 aromatic heterocycles. The lowest BCUT2D eigenvalue weighted by atomic mass is 10.3. The Hall–Kier alpha value is -1.72. The molecule has 0 aliphatic heterocycles. The predicted molar refractivity (Wildman–Crippen MR) is 89.6 cm³/mol. The Morgan fingerprint density at radius 2 is 1.86 bits per heavy atom. The van der Waals surface area contributed by atoms with E-state index in [0.717, 1.165) is 10.2 Å². The number of rotatable bonds is 7. The SMILES string of the molecule is O=C(COc1ccc(Cl)cc1)NCCOc1cccc(Br)c1. The van der Waals surface area contributed by atoms with Gasteiger partial charge in [-0.05, 0) is 42.5 Å². The average molecular weight is 385 g/mol. The molecule has 2 aromatic carbocycles. The molecule has 0 spiro atoms. The second-order valence-electron chi connectivity index (χ2n) is 4.40. The third-order valence-electron chi connectivity index (χ3n) is 2.67. The smallest absolute Gasteiger partial charge is 0.258 e. The number of benzene rings is 2. The maximum absolute atomic E-state index is 11.6. The van der Waals surface area contributed by atoms with Crippen molar-refractivity contribution >= 4 is 33.4 Å². The number of carbonyl (C=O) groups is 1. The molecular formula is C16H15BrClNO3. The zero-order chi connectivity index (χ0) is 15.8. The summed E-state index contributed by atoms with van der Waals surface area (Å²) in [4.78, 5) is 11.6. The molecule has 22 heavy (non-hydrogen) atoms. The van der Waals surface area contributed by atoms with E-state index in [-0.39, 0.29) is 12.5 Å². The molecule has 1 amide bonds. The van der Waals surface area contributed by atoms with E-state index in [9.17, 15) is 4.79 Å². The number of ether oxygens (including phenoxy) is 2. The lowest BCUT2D eigenvalue weighted by Gasteiger charge is -2.09. The Kier molecular flexibility index (Phi) is 6.55. The van der Waals surface area contributed by atoms with E-state index in [1.54, 1.807) is 24.3 Å². The van der Waals surface area contributed by atoms with Crippen molar-refractivity contribution in [1.29, 1.82) is 0 Å². The van der Waals surface area contributed by atoms with E-state index in [4.69, 9.17) is 21.1 Å². The van der Waals surface area contributed by atoms with Crippen molar-refractivity contribution in [3.05, 3.63) is 58.0 Å². The Labute approximate surface area is 142 Å². The highest BCUT2D eigenvalue weighted by Crippen LogP contribution is 2.17. The molecule has 0 aliphatic rings. The summed E-state index contributed by atoms with van der Waals surface area (Å²) in [5, 5.41) is 3.35. The van der Waals surface area contributed by atoms with E-state index in [0.29, 0.717) is 23.9 Å². The lowest BCUT2D eigenvalue weighted by molar-refractivity contribution is -0.123. The van der Waals surface area contributed by atoms with Crippen LogP contribution in [-0.4, -0.2) is 25.7 Å². The first-order chi connectivity index (χ1) is 10.6. The number of amides is 1. The summed E-state index contributed by atoms with van der Waals surface area (Å²) in [5.74, 6) is 1.15. The summed E-state index contributed by atoms with van der Waals surface area (Å²) in [6, 6.07) is 14.4. The van der Waals surface area contributed by atoms with Crippen molar-refractivity contribution in [3.8, 4) is 11.5 Å². The molecule has 116 valence electrons. The zero-order valence-electron chi connectivity index (χ0n) is 11.7. The first-order valence-electron chi connectivity index (χ1n) is 6.67. The third kappa shape index (κ3) is 5.95. The Morgan fingerprint density at radius 1 is 1.09 bits per heavy atom. The third-order valence-corrected chi connectivity index (χ3v) is 3.42. The van der Waals surface area contributed by atoms with Gasteiger partial charge < -0.3 is 14.8 Å². The number of halogens is 2. The van der Waals surface area contributed by atoms with Gasteiger partial charge in [0.05, 0.1) is 6.54 Å². The van der Waals surface area contributed by atoms with Crippen LogP contribution < -0.4 is 14.8 Å². The highest BCUT2D eigenvalue weighted by molar-refractivity contribution is 9.10. The van der Waals surface area contributed by atoms with Gasteiger partial charge >= 0.3 is 0 Å². The van der Waals surface area contributed by atoms with Crippen LogP contribution in [0.25, 0.3) is 0 Å².